The molecule has 0 saturated heterocycles. The van der Waals surface area contributed by atoms with Gasteiger partial charge in [0.15, 0.2) is 0 Å². The Balaban J connectivity index is 2.12. The molecule has 0 saturated carbocycles. The summed E-state index contributed by atoms with van der Waals surface area (Å²) in [4.78, 5) is 0.807. The van der Waals surface area contributed by atoms with Gasteiger partial charge in [-0.25, -0.2) is 25.9 Å². The summed E-state index contributed by atoms with van der Waals surface area (Å²) in [5, 5.41) is 0. The first-order valence-electron chi connectivity index (χ1n) is 6.70. The van der Waals surface area contributed by atoms with Crippen LogP contribution in [0.4, 0.5) is 0 Å². The van der Waals surface area contributed by atoms with Crippen LogP contribution in [-0.4, -0.2) is 35.2 Å². The molecule has 126 valence electrons. The average molecular weight is 375 g/mol. The number of nitrogens with zero attached hydrogens (tertiary/aromatic N) is 1. The first kappa shape index (κ1) is 18.1. The molecular formula is C14H18N2O4S3. The summed E-state index contributed by atoms with van der Waals surface area (Å²) in [6.07, 6.45) is 0. The van der Waals surface area contributed by atoms with E-state index in [0.717, 1.165) is 21.2 Å². The Labute approximate surface area is 140 Å². The molecule has 0 radical (unpaired) electrons. The minimum absolute atomic E-state index is 0.0455. The molecule has 0 aliphatic rings. The highest BCUT2D eigenvalue weighted by molar-refractivity contribution is 7.91. The number of nitrogens with one attached hydrogen (secondary N) is 1. The third-order valence-corrected chi connectivity index (χ3v) is 7.92. The smallest absolute Gasteiger partial charge is 0.207 e. The first-order valence-corrected chi connectivity index (χ1v) is 10.4. The van der Waals surface area contributed by atoms with Crippen LogP contribution in [0.25, 0.3) is 0 Å². The molecule has 0 atom stereocenters. The van der Waals surface area contributed by atoms with Crippen LogP contribution in [0, 0.1) is 6.92 Å². The van der Waals surface area contributed by atoms with Gasteiger partial charge >= 0.3 is 0 Å². The van der Waals surface area contributed by atoms with E-state index in [4.69, 9.17) is 0 Å². The molecule has 0 amide bonds. The number of benzene rings is 1. The SMILES string of the molecule is Cc1ccc(S(=O)(=O)NCc2ccc(S(=O)(=O)N(C)C)s2)cc1. The molecule has 0 spiro atoms. The molecule has 0 bridgehead atoms. The molecule has 6 nitrogen and oxygen atoms in total. The van der Waals surface area contributed by atoms with E-state index < -0.39 is 20.0 Å². The fourth-order valence-electron chi connectivity index (χ4n) is 1.74. The van der Waals surface area contributed by atoms with E-state index in [-0.39, 0.29) is 15.6 Å². The van der Waals surface area contributed by atoms with E-state index in [1.54, 1.807) is 18.2 Å². The number of hydrogen-bond donors (Lipinski definition) is 1. The van der Waals surface area contributed by atoms with Gasteiger partial charge in [-0.15, -0.1) is 11.3 Å². The number of aryl methyl sites for hydroxylation is 1. The van der Waals surface area contributed by atoms with Crippen LogP contribution in [0.3, 0.4) is 0 Å². The van der Waals surface area contributed by atoms with Crippen molar-refractivity contribution in [2.75, 3.05) is 14.1 Å². The molecule has 23 heavy (non-hydrogen) atoms. The first-order chi connectivity index (χ1) is 10.6. The summed E-state index contributed by atoms with van der Waals surface area (Å²) in [6, 6.07) is 9.61. The Morgan fingerprint density at radius 2 is 1.61 bits per heavy atom. The van der Waals surface area contributed by atoms with Gasteiger partial charge in [-0.1, -0.05) is 17.7 Å². The van der Waals surface area contributed by atoms with Gasteiger partial charge in [-0.2, -0.15) is 0 Å². The predicted octanol–water partition coefficient (Wildman–Crippen LogP) is 1.79. The zero-order chi connectivity index (χ0) is 17.3. The van der Waals surface area contributed by atoms with Crippen molar-refractivity contribution < 1.29 is 16.8 Å². The summed E-state index contributed by atoms with van der Waals surface area (Å²) in [5.74, 6) is 0. The maximum atomic E-state index is 12.2. The molecule has 1 N–H and O–H groups in total. The largest absolute Gasteiger partial charge is 0.252 e. The fraction of sp³-hybridized carbons (Fsp3) is 0.286. The van der Waals surface area contributed by atoms with Crippen molar-refractivity contribution in [2.24, 2.45) is 0 Å². The van der Waals surface area contributed by atoms with Crippen LogP contribution in [0.5, 0.6) is 0 Å². The summed E-state index contributed by atoms with van der Waals surface area (Å²) in [5.41, 5.74) is 0.973. The second-order valence-corrected chi connectivity index (χ2v) is 10.5. The maximum absolute atomic E-state index is 12.2. The highest BCUT2D eigenvalue weighted by Gasteiger charge is 2.20. The Morgan fingerprint density at radius 1 is 1.00 bits per heavy atom. The second kappa shape index (κ2) is 6.70. The molecule has 1 heterocycles. The highest BCUT2D eigenvalue weighted by Crippen LogP contribution is 2.24. The lowest BCUT2D eigenvalue weighted by molar-refractivity contribution is 0.523. The summed E-state index contributed by atoms with van der Waals surface area (Å²) in [7, 11) is -4.21. The van der Waals surface area contributed by atoms with Crippen molar-refractivity contribution in [1.29, 1.82) is 0 Å². The third-order valence-electron chi connectivity index (χ3n) is 3.14. The molecule has 2 aromatic rings. The van der Waals surface area contributed by atoms with E-state index in [0.29, 0.717) is 4.88 Å². The second-order valence-electron chi connectivity index (χ2n) is 5.15. The number of sulfonamides is 2. The van der Waals surface area contributed by atoms with Crippen LogP contribution in [0.2, 0.25) is 0 Å². The minimum Gasteiger partial charge on any atom is -0.207 e. The van der Waals surface area contributed by atoms with Crippen molar-refractivity contribution in [1.82, 2.24) is 9.03 Å². The molecule has 0 unspecified atom stereocenters. The van der Waals surface area contributed by atoms with Crippen LogP contribution in [0.1, 0.15) is 10.4 Å². The summed E-state index contributed by atoms with van der Waals surface area (Å²) in [6.45, 7) is 1.92. The van der Waals surface area contributed by atoms with Gasteiger partial charge < -0.3 is 0 Å². The number of hydrogen-bond acceptors (Lipinski definition) is 5. The fourth-order valence-corrected chi connectivity index (χ4v) is 5.30. The number of rotatable bonds is 6. The molecule has 1 aromatic heterocycles. The molecule has 2 rings (SSSR count). The molecule has 0 aliphatic carbocycles. The van der Waals surface area contributed by atoms with Crippen molar-refractivity contribution >= 4 is 31.4 Å². The van der Waals surface area contributed by atoms with Gasteiger partial charge in [-0.3, -0.25) is 0 Å². The van der Waals surface area contributed by atoms with Gasteiger partial charge in [0.2, 0.25) is 10.0 Å². The molecule has 9 heteroatoms. The van der Waals surface area contributed by atoms with E-state index in [1.807, 2.05) is 6.92 Å². The Bertz CT molecular complexity index is 882. The minimum atomic E-state index is -3.62. The molecule has 0 aliphatic heterocycles. The standard InChI is InChI=1S/C14H18N2O4S3/c1-11-4-7-13(8-5-11)22(17,18)15-10-12-6-9-14(21-12)23(19,20)16(2)3/h4-9,15H,10H2,1-3H3. The monoisotopic (exact) mass is 374 g/mol. The van der Waals surface area contributed by atoms with E-state index in [2.05, 4.69) is 4.72 Å². The van der Waals surface area contributed by atoms with Crippen molar-refractivity contribution in [3.8, 4) is 0 Å². The zero-order valence-corrected chi connectivity index (χ0v) is 15.4. The van der Waals surface area contributed by atoms with Gasteiger partial charge in [0.05, 0.1) is 4.90 Å². The Kier molecular flexibility index (Phi) is 5.27. The van der Waals surface area contributed by atoms with Gasteiger partial charge in [-0.05, 0) is 31.2 Å². The lowest BCUT2D eigenvalue weighted by atomic mass is 10.2. The molecule has 1 aromatic carbocycles. The quantitative estimate of drug-likeness (QED) is 0.835. The van der Waals surface area contributed by atoms with Crippen LogP contribution < -0.4 is 4.72 Å². The van der Waals surface area contributed by atoms with E-state index in [9.17, 15) is 16.8 Å². The van der Waals surface area contributed by atoms with Gasteiger partial charge in [0.1, 0.15) is 4.21 Å². The maximum Gasteiger partial charge on any atom is 0.252 e. The lowest BCUT2D eigenvalue weighted by Gasteiger charge is -2.08. The average Bonchev–Trinajstić information content (AvgIpc) is 2.95. The zero-order valence-electron chi connectivity index (χ0n) is 13.0. The van der Waals surface area contributed by atoms with Crippen molar-refractivity contribution in [3.63, 3.8) is 0 Å². The van der Waals surface area contributed by atoms with Crippen LogP contribution in [0.15, 0.2) is 45.5 Å². The van der Waals surface area contributed by atoms with Crippen LogP contribution in [-0.2, 0) is 26.6 Å². The molecular weight excluding hydrogens is 356 g/mol. The lowest BCUT2D eigenvalue weighted by Crippen LogP contribution is -2.22. The van der Waals surface area contributed by atoms with Gasteiger partial charge in [0, 0.05) is 25.5 Å². The Hall–Kier alpha value is -1.26. The van der Waals surface area contributed by atoms with Crippen molar-refractivity contribution in [2.45, 2.75) is 22.6 Å². The normalized spacial score (nSPS) is 12.7. The Morgan fingerprint density at radius 3 is 2.17 bits per heavy atom. The van der Waals surface area contributed by atoms with E-state index >= 15 is 0 Å². The highest BCUT2D eigenvalue weighted by atomic mass is 32.2. The van der Waals surface area contributed by atoms with Crippen LogP contribution >= 0.6 is 11.3 Å². The number of thiophene rings is 1. The topological polar surface area (TPSA) is 83.5 Å². The summed E-state index contributed by atoms with van der Waals surface area (Å²) < 4.78 is 52.2. The molecule has 0 fully saturated rings. The van der Waals surface area contributed by atoms with Gasteiger partial charge in [0.25, 0.3) is 10.0 Å². The predicted molar refractivity (Wildman–Crippen MR) is 90.4 cm³/mol. The summed E-state index contributed by atoms with van der Waals surface area (Å²) >= 11 is 1.05. The van der Waals surface area contributed by atoms with Crippen molar-refractivity contribution in [3.05, 3.63) is 46.8 Å². The van der Waals surface area contributed by atoms with E-state index in [1.165, 1.54) is 32.3 Å². The third kappa shape index (κ3) is 4.18.